The normalized spacial score (nSPS) is 12.6. The van der Waals surface area contributed by atoms with Gasteiger partial charge in [0.1, 0.15) is 13.2 Å². The number of carbonyl (C=O) groups excluding carboxylic acids is 1. The van der Waals surface area contributed by atoms with Crippen LogP contribution in [0.5, 0.6) is 11.5 Å². The van der Waals surface area contributed by atoms with Crippen molar-refractivity contribution in [2.75, 3.05) is 24.3 Å². The summed E-state index contributed by atoms with van der Waals surface area (Å²) >= 11 is 1.19. The maximum Gasteiger partial charge on any atom is 0.277 e. The topological polar surface area (TPSA) is 86.5 Å². The molecule has 0 bridgehead atoms. The molecule has 0 unspecified atom stereocenters. The molecule has 7 nitrogen and oxygen atoms in total. The molecule has 0 radical (unpaired) electrons. The van der Waals surface area contributed by atoms with Crippen molar-refractivity contribution < 1.29 is 18.7 Å². The van der Waals surface area contributed by atoms with Crippen molar-refractivity contribution in [1.82, 2.24) is 10.2 Å². The Labute approximate surface area is 166 Å². The second-order valence-electron chi connectivity index (χ2n) is 6.37. The van der Waals surface area contributed by atoms with Gasteiger partial charge in [0.25, 0.3) is 5.22 Å². The molecule has 1 aliphatic heterocycles. The van der Waals surface area contributed by atoms with Crippen LogP contribution in [0.1, 0.15) is 11.1 Å². The summed E-state index contributed by atoms with van der Waals surface area (Å²) in [4.78, 5) is 12.2. The van der Waals surface area contributed by atoms with Crippen LogP contribution in [0.3, 0.4) is 0 Å². The molecule has 1 aromatic heterocycles. The quantitative estimate of drug-likeness (QED) is 0.654. The van der Waals surface area contributed by atoms with Crippen LogP contribution < -0.4 is 14.8 Å². The average molecular weight is 397 g/mol. The zero-order valence-electron chi connectivity index (χ0n) is 15.5. The zero-order chi connectivity index (χ0) is 19.5. The summed E-state index contributed by atoms with van der Waals surface area (Å²) in [5, 5.41) is 11.3. The monoisotopic (exact) mass is 397 g/mol. The molecule has 0 spiro atoms. The number of nitrogens with zero attached hydrogens (tertiary/aromatic N) is 2. The number of aromatic nitrogens is 2. The van der Waals surface area contributed by atoms with E-state index >= 15 is 0 Å². The van der Waals surface area contributed by atoms with E-state index in [1.54, 1.807) is 18.2 Å². The third kappa shape index (κ3) is 4.12. The Morgan fingerprint density at radius 1 is 1.04 bits per heavy atom. The summed E-state index contributed by atoms with van der Waals surface area (Å²) in [5.74, 6) is 1.74. The first-order valence-electron chi connectivity index (χ1n) is 8.82. The van der Waals surface area contributed by atoms with Gasteiger partial charge in [0.15, 0.2) is 11.5 Å². The van der Waals surface area contributed by atoms with E-state index in [-0.39, 0.29) is 11.7 Å². The van der Waals surface area contributed by atoms with Crippen molar-refractivity contribution >= 4 is 23.4 Å². The van der Waals surface area contributed by atoms with E-state index < -0.39 is 0 Å². The van der Waals surface area contributed by atoms with Crippen LogP contribution in [0.25, 0.3) is 11.5 Å². The number of hydrogen-bond donors (Lipinski definition) is 1. The lowest BCUT2D eigenvalue weighted by Gasteiger charge is -2.18. The highest BCUT2D eigenvalue weighted by Crippen LogP contribution is 2.32. The Kier molecular flexibility index (Phi) is 5.21. The van der Waals surface area contributed by atoms with Crippen molar-refractivity contribution in [2.45, 2.75) is 19.1 Å². The van der Waals surface area contributed by atoms with Crippen LogP contribution in [-0.4, -0.2) is 35.1 Å². The molecule has 0 aliphatic carbocycles. The second kappa shape index (κ2) is 7.93. The summed E-state index contributed by atoms with van der Waals surface area (Å²) in [7, 11) is 0. The molecule has 1 amide bonds. The third-order valence-electron chi connectivity index (χ3n) is 4.31. The summed E-state index contributed by atoms with van der Waals surface area (Å²) in [6.45, 7) is 5.12. The lowest BCUT2D eigenvalue weighted by atomic mass is 10.1. The number of carbonyl (C=O) groups is 1. The number of amides is 1. The maximum atomic E-state index is 12.2. The fraction of sp³-hybridized carbons (Fsp3) is 0.250. The molecule has 144 valence electrons. The molecule has 2 heterocycles. The zero-order valence-corrected chi connectivity index (χ0v) is 16.3. The van der Waals surface area contributed by atoms with E-state index in [0.717, 1.165) is 11.1 Å². The van der Waals surface area contributed by atoms with Crippen molar-refractivity contribution in [3.8, 4) is 23.0 Å². The Hall–Kier alpha value is -3.00. The van der Waals surface area contributed by atoms with Crippen molar-refractivity contribution in [3.05, 3.63) is 47.5 Å². The van der Waals surface area contributed by atoms with Gasteiger partial charge in [-0.15, -0.1) is 10.2 Å². The van der Waals surface area contributed by atoms with Crippen LogP contribution in [0.15, 0.2) is 46.0 Å². The van der Waals surface area contributed by atoms with Gasteiger partial charge in [0.05, 0.1) is 5.75 Å². The highest BCUT2D eigenvalue weighted by Gasteiger charge is 2.14. The summed E-state index contributed by atoms with van der Waals surface area (Å²) in [6.07, 6.45) is 0. The first-order chi connectivity index (χ1) is 13.6. The Morgan fingerprint density at radius 2 is 1.86 bits per heavy atom. The predicted octanol–water partition coefficient (Wildman–Crippen LogP) is 3.86. The first-order valence-corrected chi connectivity index (χ1v) is 9.80. The van der Waals surface area contributed by atoms with Gasteiger partial charge < -0.3 is 19.2 Å². The number of fused-ring (bicyclic) bond motifs is 1. The number of hydrogen-bond acceptors (Lipinski definition) is 7. The summed E-state index contributed by atoms with van der Waals surface area (Å²) in [6, 6.07) is 11.3. The van der Waals surface area contributed by atoms with E-state index in [1.165, 1.54) is 17.3 Å². The minimum absolute atomic E-state index is 0.156. The standard InChI is InChI=1S/C20H19N3O4S/c1-12-3-4-14(9-13(12)2)19-22-23-20(27-19)28-11-18(24)21-15-5-6-16-17(10-15)26-8-7-25-16/h3-6,9-10H,7-8,11H2,1-2H3,(H,21,24). The molecule has 0 saturated heterocycles. The van der Waals surface area contributed by atoms with Gasteiger partial charge in [-0.1, -0.05) is 17.8 Å². The molecule has 2 aromatic carbocycles. The summed E-state index contributed by atoms with van der Waals surface area (Å²) in [5.41, 5.74) is 3.87. The highest BCUT2D eigenvalue weighted by atomic mass is 32.2. The van der Waals surface area contributed by atoms with Crippen molar-refractivity contribution in [1.29, 1.82) is 0 Å². The highest BCUT2D eigenvalue weighted by molar-refractivity contribution is 7.99. The molecule has 8 heteroatoms. The number of ether oxygens (including phenoxy) is 2. The number of aryl methyl sites for hydroxylation is 2. The van der Waals surface area contributed by atoms with E-state index in [2.05, 4.69) is 22.4 Å². The van der Waals surface area contributed by atoms with Crippen LogP contribution in [0, 0.1) is 13.8 Å². The molecule has 0 fully saturated rings. The van der Waals surface area contributed by atoms with Crippen LogP contribution in [0.4, 0.5) is 5.69 Å². The van der Waals surface area contributed by atoms with Gasteiger partial charge in [-0.2, -0.15) is 0 Å². The number of benzene rings is 2. The fourth-order valence-electron chi connectivity index (χ4n) is 2.70. The maximum absolute atomic E-state index is 12.2. The Morgan fingerprint density at radius 3 is 2.68 bits per heavy atom. The van der Waals surface area contributed by atoms with Gasteiger partial charge in [-0.05, 0) is 49.2 Å². The molecular weight excluding hydrogens is 378 g/mol. The van der Waals surface area contributed by atoms with E-state index in [9.17, 15) is 4.79 Å². The molecule has 3 aromatic rings. The van der Waals surface area contributed by atoms with E-state index in [4.69, 9.17) is 13.9 Å². The van der Waals surface area contributed by atoms with Gasteiger partial charge >= 0.3 is 0 Å². The molecule has 1 aliphatic rings. The van der Waals surface area contributed by atoms with Crippen molar-refractivity contribution in [2.24, 2.45) is 0 Å². The molecule has 1 N–H and O–H groups in total. The lowest BCUT2D eigenvalue weighted by Crippen LogP contribution is -2.17. The van der Waals surface area contributed by atoms with Gasteiger partial charge in [-0.25, -0.2) is 0 Å². The van der Waals surface area contributed by atoms with Crippen LogP contribution in [-0.2, 0) is 4.79 Å². The third-order valence-corrected chi connectivity index (χ3v) is 5.13. The molecular formula is C20H19N3O4S. The van der Waals surface area contributed by atoms with E-state index in [1.807, 2.05) is 25.1 Å². The van der Waals surface area contributed by atoms with Crippen molar-refractivity contribution in [3.63, 3.8) is 0 Å². The smallest absolute Gasteiger partial charge is 0.277 e. The number of anilines is 1. The molecule has 0 saturated carbocycles. The minimum atomic E-state index is -0.174. The minimum Gasteiger partial charge on any atom is -0.486 e. The van der Waals surface area contributed by atoms with Gasteiger partial charge in [-0.3, -0.25) is 4.79 Å². The lowest BCUT2D eigenvalue weighted by molar-refractivity contribution is -0.113. The van der Waals surface area contributed by atoms with E-state index in [0.29, 0.717) is 41.5 Å². The largest absolute Gasteiger partial charge is 0.486 e. The second-order valence-corrected chi connectivity index (χ2v) is 7.29. The van der Waals surface area contributed by atoms with Crippen LogP contribution >= 0.6 is 11.8 Å². The number of thioether (sulfide) groups is 1. The average Bonchev–Trinajstić information content (AvgIpc) is 3.17. The molecule has 28 heavy (non-hydrogen) atoms. The first kappa shape index (κ1) is 18.4. The SMILES string of the molecule is Cc1ccc(-c2nnc(SCC(=O)Nc3ccc4c(c3)OCCO4)o2)cc1C. The van der Waals surface area contributed by atoms with Crippen LogP contribution in [0.2, 0.25) is 0 Å². The molecule has 4 rings (SSSR count). The number of rotatable bonds is 5. The Balaban J connectivity index is 1.35. The number of nitrogens with one attached hydrogen (secondary N) is 1. The predicted molar refractivity (Wildman–Crippen MR) is 106 cm³/mol. The Bertz CT molecular complexity index is 1020. The molecule has 0 atom stereocenters. The fourth-order valence-corrected chi connectivity index (χ4v) is 3.27. The van der Waals surface area contributed by atoms with Gasteiger partial charge in [0, 0.05) is 17.3 Å². The summed E-state index contributed by atoms with van der Waals surface area (Å²) < 4.78 is 16.7. The van der Waals surface area contributed by atoms with Gasteiger partial charge in [0.2, 0.25) is 11.8 Å².